The molecule has 0 spiro atoms. The van der Waals surface area contributed by atoms with E-state index in [1.807, 2.05) is 56.3 Å². The van der Waals surface area contributed by atoms with Gasteiger partial charge >= 0.3 is 0 Å². The van der Waals surface area contributed by atoms with Crippen LogP contribution in [0, 0.1) is 13.8 Å². The van der Waals surface area contributed by atoms with Gasteiger partial charge in [-0.15, -0.1) is 0 Å². The van der Waals surface area contributed by atoms with Crippen molar-refractivity contribution in [3.63, 3.8) is 0 Å². The van der Waals surface area contributed by atoms with E-state index in [2.05, 4.69) is 5.32 Å². The quantitative estimate of drug-likeness (QED) is 0.810. The Kier molecular flexibility index (Phi) is 6.99. The van der Waals surface area contributed by atoms with Crippen molar-refractivity contribution < 1.29 is 14.3 Å². The first kappa shape index (κ1) is 20.5. The lowest BCUT2D eigenvalue weighted by Crippen LogP contribution is -2.30. The Bertz CT molecular complexity index is 815. The first-order chi connectivity index (χ1) is 12.8. The van der Waals surface area contributed by atoms with Crippen LogP contribution in [-0.2, 0) is 16.0 Å². The summed E-state index contributed by atoms with van der Waals surface area (Å²) in [5.41, 5.74) is 3.79. The average Bonchev–Trinajstić information content (AvgIpc) is 2.62. The molecule has 144 valence electrons. The lowest BCUT2D eigenvalue weighted by molar-refractivity contribution is -0.128. The number of anilines is 1. The van der Waals surface area contributed by atoms with E-state index in [1.54, 1.807) is 25.9 Å². The largest absolute Gasteiger partial charge is 0.481 e. The number of ether oxygens (including phenoxy) is 1. The second kappa shape index (κ2) is 9.21. The molecule has 1 atom stereocenters. The van der Waals surface area contributed by atoms with Crippen LogP contribution in [0.4, 0.5) is 5.69 Å². The Morgan fingerprint density at radius 3 is 2.56 bits per heavy atom. The molecule has 5 nitrogen and oxygen atoms in total. The van der Waals surface area contributed by atoms with Crippen molar-refractivity contribution in [2.45, 2.75) is 39.7 Å². The summed E-state index contributed by atoms with van der Waals surface area (Å²) in [6.45, 7) is 5.68. The molecule has 1 N–H and O–H groups in total. The molecule has 0 aliphatic carbocycles. The van der Waals surface area contributed by atoms with Crippen LogP contribution in [-0.4, -0.2) is 36.9 Å². The van der Waals surface area contributed by atoms with Gasteiger partial charge in [0.25, 0.3) is 5.91 Å². The zero-order valence-corrected chi connectivity index (χ0v) is 16.7. The summed E-state index contributed by atoms with van der Waals surface area (Å²) in [5.74, 6) is 0.589. The maximum atomic E-state index is 12.5. The summed E-state index contributed by atoms with van der Waals surface area (Å²) in [5, 5.41) is 2.89. The number of rotatable bonds is 7. The van der Waals surface area contributed by atoms with E-state index < -0.39 is 6.10 Å². The van der Waals surface area contributed by atoms with Gasteiger partial charge in [-0.05, 0) is 62.1 Å². The van der Waals surface area contributed by atoms with Gasteiger partial charge in [-0.2, -0.15) is 0 Å². The van der Waals surface area contributed by atoms with Gasteiger partial charge in [-0.25, -0.2) is 0 Å². The fraction of sp³-hybridized carbons (Fsp3) is 0.364. The highest BCUT2D eigenvalue weighted by molar-refractivity contribution is 5.94. The molecule has 0 radical (unpaired) electrons. The molecule has 0 saturated heterocycles. The van der Waals surface area contributed by atoms with Crippen molar-refractivity contribution in [2.24, 2.45) is 0 Å². The summed E-state index contributed by atoms with van der Waals surface area (Å²) in [4.78, 5) is 25.8. The van der Waals surface area contributed by atoms with Gasteiger partial charge in [0.1, 0.15) is 5.75 Å². The molecule has 0 aliphatic rings. The van der Waals surface area contributed by atoms with Gasteiger partial charge < -0.3 is 15.0 Å². The molecular weight excluding hydrogens is 340 g/mol. The minimum atomic E-state index is -0.621. The fourth-order valence-corrected chi connectivity index (χ4v) is 2.60. The van der Waals surface area contributed by atoms with Crippen molar-refractivity contribution in [1.29, 1.82) is 0 Å². The van der Waals surface area contributed by atoms with E-state index in [-0.39, 0.29) is 11.8 Å². The molecule has 0 aliphatic heterocycles. The minimum Gasteiger partial charge on any atom is -0.481 e. The predicted molar refractivity (Wildman–Crippen MR) is 108 cm³/mol. The number of carbonyl (C=O) groups excluding carboxylic acids is 2. The third-order valence-corrected chi connectivity index (χ3v) is 4.34. The van der Waals surface area contributed by atoms with E-state index in [1.165, 1.54) is 0 Å². The van der Waals surface area contributed by atoms with Gasteiger partial charge in [-0.1, -0.05) is 24.3 Å². The SMILES string of the molecule is Cc1ccc(C)c(OC(C)C(=O)Nc2cccc(CCC(=O)N(C)C)c2)c1. The number of hydrogen-bond acceptors (Lipinski definition) is 3. The smallest absolute Gasteiger partial charge is 0.265 e. The number of benzene rings is 2. The van der Waals surface area contributed by atoms with Crippen molar-refractivity contribution in [3.8, 4) is 5.75 Å². The fourth-order valence-electron chi connectivity index (χ4n) is 2.60. The van der Waals surface area contributed by atoms with Crippen molar-refractivity contribution >= 4 is 17.5 Å². The zero-order chi connectivity index (χ0) is 20.0. The highest BCUT2D eigenvalue weighted by atomic mass is 16.5. The van der Waals surface area contributed by atoms with E-state index in [4.69, 9.17) is 4.74 Å². The summed E-state index contributed by atoms with van der Waals surface area (Å²) < 4.78 is 5.83. The summed E-state index contributed by atoms with van der Waals surface area (Å²) in [6, 6.07) is 13.5. The van der Waals surface area contributed by atoms with Gasteiger partial charge in [0, 0.05) is 26.2 Å². The molecule has 1 unspecified atom stereocenters. The minimum absolute atomic E-state index is 0.0833. The number of hydrogen-bond donors (Lipinski definition) is 1. The zero-order valence-electron chi connectivity index (χ0n) is 16.7. The normalized spacial score (nSPS) is 11.6. The molecule has 2 rings (SSSR count). The highest BCUT2D eigenvalue weighted by Gasteiger charge is 2.16. The van der Waals surface area contributed by atoms with E-state index >= 15 is 0 Å². The van der Waals surface area contributed by atoms with Crippen LogP contribution in [0.1, 0.15) is 30.0 Å². The van der Waals surface area contributed by atoms with Crippen LogP contribution in [0.25, 0.3) is 0 Å². The Morgan fingerprint density at radius 2 is 1.85 bits per heavy atom. The van der Waals surface area contributed by atoms with Crippen molar-refractivity contribution in [2.75, 3.05) is 19.4 Å². The Labute approximate surface area is 161 Å². The molecule has 2 aromatic rings. The number of amides is 2. The molecular formula is C22H28N2O3. The topological polar surface area (TPSA) is 58.6 Å². The van der Waals surface area contributed by atoms with Crippen LogP contribution in [0.2, 0.25) is 0 Å². The molecule has 0 bridgehead atoms. The highest BCUT2D eigenvalue weighted by Crippen LogP contribution is 2.21. The number of nitrogens with zero attached hydrogens (tertiary/aromatic N) is 1. The summed E-state index contributed by atoms with van der Waals surface area (Å²) >= 11 is 0. The second-order valence-electron chi connectivity index (χ2n) is 7.01. The predicted octanol–water partition coefficient (Wildman–Crippen LogP) is 3.73. The Morgan fingerprint density at radius 1 is 1.11 bits per heavy atom. The first-order valence-electron chi connectivity index (χ1n) is 9.10. The molecule has 0 heterocycles. The lowest BCUT2D eigenvalue weighted by Gasteiger charge is -2.17. The van der Waals surface area contributed by atoms with E-state index in [0.29, 0.717) is 24.3 Å². The molecule has 0 saturated carbocycles. The maximum Gasteiger partial charge on any atom is 0.265 e. The average molecular weight is 368 g/mol. The number of aryl methyl sites for hydroxylation is 3. The van der Waals surface area contributed by atoms with Crippen LogP contribution in [0.5, 0.6) is 5.75 Å². The monoisotopic (exact) mass is 368 g/mol. The molecule has 2 amide bonds. The first-order valence-corrected chi connectivity index (χ1v) is 9.10. The van der Waals surface area contributed by atoms with Crippen LogP contribution < -0.4 is 10.1 Å². The standard InChI is InChI=1S/C22H28N2O3/c1-15-9-10-16(2)20(13-15)27-17(3)22(26)23-19-8-6-7-18(14-19)11-12-21(25)24(4)5/h6-10,13-14,17H,11-12H2,1-5H3,(H,23,26). The van der Waals surface area contributed by atoms with Crippen LogP contribution >= 0.6 is 0 Å². The summed E-state index contributed by atoms with van der Waals surface area (Å²) in [7, 11) is 3.49. The van der Waals surface area contributed by atoms with Crippen molar-refractivity contribution in [1.82, 2.24) is 4.90 Å². The van der Waals surface area contributed by atoms with Gasteiger partial charge in [-0.3, -0.25) is 9.59 Å². The molecule has 5 heteroatoms. The Balaban J connectivity index is 1.97. The van der Waals surface area contributed by atoms with Crippen LogP contribution in [0.15, 0.2) is 42.5 Å². The molecule has 27 heavy (non-hydrogen) atoms. The Hall–Kier alpha value is -2.82. The van der Waals surface area contributed by atoms with E-state index in [9.17, 15) is 9.59 Å². The number of nitrogens with one attached hydrogen (secondary N) is 1. The van der Waals surface area contributed by atoms with Crippen molar-refractivity contribution in [3.05, 3.63) is 59.2 Å². The van der Waals surface area contributed by atoms with Gasteiger partial charge in [0.15, 0.2) is 6.10 Å². The molecule has 2 aromatic carbocycles. The number of carbonyl (C=O) groups is 2. The maximum absolute atomic E-state index is 12.5. The molecule has 0 aromatic heterocycles. The van der Waals surface area contributed by atoms with Gasteiger partial charge in [0.2, 0.25) is 5.91 Å². The third kappa shape index (κ3) is 6.13. The lowest BCUT2D eigenvalue weighted by atomic mass is 10.1. The second-order valence-corrected chi connectivity index (χ2v) is 7.01. The molecule has 0 fully saturated rings. The summed E-state index contributed by atoms with van der Waals surface area (Å²) in [6.07, 6.45) is 0.454. The van der Waals surface area contributed by atoms with Gasteiger partial charge in [0.05, 0.1) is 0 Å². The third-order valence-electron chi connectivity index (χ3n) is 4.34. The van der Waals surface area contributed by atoms with Crippen LogP contribution in [0.3, 0.4) is 0 Å². The van der Waals surface area contributed by atoms with E-state index in [0.717, 1.165) is 16.7 Å².